The number of nitrogens with one attached hydrogen (secondary N) is 1. The number of hydrogen-bond acceptors (Lipinski definition) is 3. The van der Waals surface area contributed by atoms with Gasteiger partial charge in [0.15, 0.2) is 0 Å². The fraction of sp³-hybridized carbons (Fsp3) is 0.500. The Morgan fingerprint density at radius 3 is 2.35 bits per heavy atom. The Bertz CT molecular complexity index is 530. The van der Waals surface area contributed by atoms with Crippen LogP contribution in [-0.2, 0) is 6.54 Å². The number of aliphatic hydroxyl groups excluding tert-OH is 1. The summed E-state index contributed by atoms with van der Waals surface area (Å²) in [5, 5.41) is 12.4. The first-order valence-electron chi connectivity index (χ1n) is 8.19. The van der Waals surface area contributed by atoms with Crippen molar-refractivity contribution in [2.45, 2.75) is 39.5 Å². The van der Waals surface area contributed by atoms with Gasteiger partial charge >= 0.3 is 6.03 Å². The van der Waals surface area contributed by atoms with Crippen molar-refractivity contribution in [2.24, 2.45) is 0 Å². The molecule has 2 rings (SSSR count). The van der Waals surface area contributed by atoms with Crippen molar-refractivity contribution in [3.05, 3.63) is 42.0 Å². The van der Waals surface area contributed by atoms with Crippen molar-refractivity contribution in [2.75, 3.05) is 24.5 Å². The van der Waals surface area contributed by atoms with E-state index in [0.717, 1.165) is 18.7 Å². The van der Waals surface area contributed by atoms with Gasteiger partial charge in [-0.15, -0.1) is 0 Å². The van der Waals surface area contributed by atoms with Gasteiger partial charge in [0.2, 0.25) is 0 Å². The smallest absolute Gasteiger partial charge is 0.317 e. The monoisotopic (exact) mass is 317 g/mol. The van der Waals surface area contributed by atoms with E-state index in [-0.39, 0.29) is 12.1 Å². The zero-order valence-electron chi connectivity index (χ0n) is 14.2. The standard InChI is InChI=1S/C18H27N3O2/c1-14(2)21(13-15(3)22)18(23)19-12-16-6-8-17(9-7-16)20-10-4-5-11-20/h4-9,14-15,22H,10-13H2,1-3H3,(H,19,23). The van der Waals surface area contributed by atoms with Crippen LogP contribution in [0.3, 0.4) is 0 Å². The van der Waals surface area contributed by atoms with Gasteiger partial charge in [0.1, 0.15) is 0 Å². The lowest BCUT2D eigenvalue weighted by Crippen LogP contribution is -2.46. The Kier molecular flexibility index (Phi) is 6.04. The molecule has 0 fully saturated rings. The summed E-state index contributed by atoms with van der Waals surface area (Å²) in [6.45, 7) is 8.32. The number of nitrogens with zero attached hydrogens (tertiary/aromatic N) is 2. The van der Waals surface area contributed by atoms with E-state index in [1.54, 1.807) is 11.8 Å². The predicted octanol–water partition coefficient (Wildman–Crippen LogP) is 2.36. The van der Waals surface area contributed by atoms with Crippen LogP contribution in [0.4, 0.5) is 10.5 Å². The van der Waals surface area contributed by atoms with Gasteiger partial charge in [-0.3, -0.25) is 0 Å². The molecule has 5 heteroatoms. The number of carbonyl (C=O) groups excluding carboxylic acids is 1. The largest absolute Gasteiger partial charge is 0.392 e. The summed E-state index contributed by atoms with van der Waals surface area (Å²) in [7, 11) is 0. The van der Waals surface area contributed by atoms with Crippen LogP contribution < -0.4 is 10.2 Å². The molecule has 5 nitrogen and oxygen atoms in total. The summed E-state index contributed by atoms with van der Waals surface area (Å²) in [6.07, 6.45) is 3.80. The van der Waals surface area contributed by atoms with Gasteiger partial charge in [-0.25, -0.2) is 4.79 Å². The van der Waals surface area contributed by atoms with Crippen LogP contribution in [0.25, 0.3) is 0 Å². The van der Waals surface area contributed by atoms with Gasteiger partial charge in [0.05, 0.1) is 6.10 Å². The van der Waals surface area contributed by atoms with Crippen LogP contribution >= 0.6 is 0 Å². The number of hydrogen-bond donors (Lipinski definition) is 2. The van der Waals surface area contributed by atoms with Crippen LogP contribution in [0.5, 0.6) is 0 Å². The zero-order valence-corrected chi connectivity index (χ0v) is 14.2. The van der Waals surface area contributed by atoms with Crippen molar-refractivity contribution < 1.29 is 9.90 Å². The molecule has 0 saturated heterocycles. The summed E-state index contributed by atoms with van der Waals surface area (Å²) < 4.78 is 0. The van der Waals surface area contributed by atoms with Crippen LogP contribution in [-0.4, -0.2) is 47.8 Å². The summed E-state index contributed by atoms with van der Waals surface area (Å²) in [5.41, 5.74) is 2.26. The minimum absolute atomic E-state index is 0.0506. The topological polar surface area (TPSA) is 55.8 Å². The molecule has 0 bridgehead atoms. The molecule has 0 saturated carbocycles. The highest BCUT2D eigenvalue weighted by Crippen LogP contribution is 2.17. The van der Waals surface area contributed by atoms with Crippen LogP contribution in [0.15, 0.2) is 36.4 Å². The third-order valence-electron chi connectivity index (χ3n) is 3.91. The molecule has 126 valence electrons. The van der Waals surface area contributed by atoms with E-state index in [0.29, 0.717) is 13.1 Å². The van der Waals surface area contributed by atoms with Crippen molar-refractivity contribution in [1.82, 2.24) is 10.2 Å². The molecule has 2 amide bonds. The average molecular weight is 317 g/mol. The van der Waals surface area contributed by atoms with Gasteiger partial charge < -0.3 is 20.2 Å². The highest BCUT2D eigenvalue weighted by Gasteiger charge is 2.18. The summed E-state index contributed by atoms with van der Waals surface area (Å²) in [6, 6.07) is 8.17. The lowest BCUT2D eigenvalue weighted by molar-refractivity contribution is 0.119. The lowest BCUT2D eigenvalue weighted by atomic mass is 10.2. The van der Waals surface area contributed by atoms with E-state index in [4.69, 9.17) is 0 Å². The second kappa shape index (κ2) is 8.02. The minimum atomic E-state index is -0.531. The van der Waals surface area contributed by atoms with E-state index >= 15 is 0 Å². The first kappa shape index (κ1) is 17.3. The number of benzene rings is 1. The number of urea groups is 1. The minimum Gasteiger partial charge on any atom is -0.392 e. The van der Waals surface area contributed by atoms with Crippen LogP contribution in [0.2, 0.25) is 0 Å². The molecule has 0 aliphatic carbocycles. The highest BCUT2D eigenvalue weighted by atomic mass is 16.3. The molecule has 0 aromatic heterocycles. The average Bonchev–Trinajstić information content (AvgIpc) is 3.04. The van der Waals surface area contributed by atoms with Gasteiger partial charge in [0.25, 0.3) is 0 Å². The van der Waals surface area contributed by atoms with E-state index in [1.165, 1.54) is 5.69 Å². The Balaban J connectivity index is 1.87. The molecule has 1 aliphatic rings. The first-order chi connectivity index (χ1) is 11.0. The van der Waals surface area contributed by atoms with E-state index in [1.807, 2.05) is 26.0 Å². The Hall–Kier alpha value is -2.01. The number of amides is 2. The van der Waals surface area contributed by atoms with Crippen molar-refractivity contribution >= 4 is 11.7 Å². The molecule has 2 N–H and O–H groups in total. The Morgan fingerprint density at radius 2 is 1.83 bits per heavy atom. The molecule has 1 aromatic carbocycles. The highest BCUT2D eigenvalue weighted by molar-refractivity contribution is 5.74. The maximum Gasteiger partial charge on any atom is 0.317 e. The SMILES string of the molecule is CC(O)CN(C(=O)NCc1ccc(N2CC=CC2)cc1)C(C)C. The fourth-order valence-electron chi connectivity index (χ4n) is 2.61. The van der Waals surface area contributed by atoms with Crippen molar-refractivity contribution in [1.29, 1.82) is 0 Å². The molecule has 1 aliphatic heterocycles. The van der Waals surface area contributed by atoms with Crippen molar-refractivity contribution in [3.63, 3.8) is 0 Å². The maximum atomic E-state index is 12.3. The number of anilines is 1. The fourth-order valence-corrected chi connectivity index (χ4v) is 2.61. The summed E-state index contributed by atoms with van der Waals surface area (Å²) >= 11 is 0. The third kappa shape index (κ3) is 4.99. The molecule has 1 aromatic rings. The van der Waals surface area contributed by atoms with Gasteiger partial charge in [-0.2, -0.15) is 0 Å². The first-order valence-corrected chi connectivity index (χ1v) is 8.19. The van der Waals surface area contributed by atoms with Crippen LogP contribution in [0, 0.1) is 0 Å². The zero-order chi connectivity index (χ0) is 16.8. The number of rotatable bonds is 6. The third-order valence-corrected chi connectivity index (χ3v) is 3.91. The molecule has 23 heavy (non-hydrogen) atoms. The molecule has 1 unspecified atom stereocenters. The molecule has 1 atom stereocenters. The Labute approximate surface area is 138 Å². The van der Waals surface area contributed by atoms with Crippen molar-refractivity contribution in [3.8, 4) is 0 Å². The molecule has 0 radical (unpaired) electrons. The van der Waals surface area contributed by atoms with Crippen LogP contribution in [0.1, 0.15) is 26.3 Å². The van der Waals surface area contributed by atoms with Gasteiger partial charge in [-0.1, -0.05) is 24.3 Å². The molecular formula is C18H27N3O2. The quantitative estimate of drug-likeness (QED) is 0.792. The number of aliphatic hydroxyl groups is 1. The van der Waals surface area contributed by atoms with E-state index in [9.17, 15) is 9.90 Å². The van der Waals surface area contributed by atoms with E-state index in [2.05, 4.69) is 34.5 Å². The predicted molar refractivity (Wildman–Crippen MR) is 93.6 cm³/mol. The van der Waals surface area contributed by atoms with E-state index < -0.39 is 6.10 Å². The normalized spacial score (nSPS) is 15.1. The second-order valence-corrected chi connectivity index (χ2v) is 6.30. The van der Waals surface area contributed by atoms with Gasteiger partial charge in [-0.05, 0) is 38.5 Å². The summed E-state index contributed by atoms with van der Waals surface area (Å²) in [5.74, 6) is 0. The molecule has 1 heterocycles. The molecule has 0 spiro atoms. The lowest BCUT2D eigenvalue weighted by Gasteiger charge is -2.28. The number of carbonyl (C=O) groups is 1. The maximum absolute atomic E-state index is 12.3. The second-order valence-electron chi connectivity index (χ2n) is 6.30. The molecular weight excluding hydrogens is 290 g/mol. The Morgan fingerprint density at radius 1 is 1.22 bits per heavy atom. The van der Waals surface area contributed by atoms with Gasteiger partial charge in [0, 0.05) is 37.9 Å². The summed E-state index contributed by atoms with van der Waals surface area (Å²) in [4.78, 5) is 16.2.